The molecule has 1 unspecified atom stereocenters. The number of nitrogens with zero attached hydrogens (tertiary/aromatic N) is 4. The van der Waals surface area contributed by atoms with Crippen LogP contribution >= 0.6 is 24.0 Å². The van der Waals surface area contributed by atoms with E-state index < -0.39 is 0 Å². The normalized spacial score (nSPS) is 16.3. The number of hydrogen-bond acceptors (Lipinski definition) is 3. The highest BCUT2D eigenvalue weighted by Gasteiger charge is 2.21. The average molecular weight is 573 g/mol. The van der Waals surface area contributed by atoms with Gasteiger partial charge in [0.1, 0.15) is 0 Å². The second kappa shape index (κ2) is 14.1. The second-order valence-corrected chi connectivity index (χ2v) is 8.70. The van der Waals surface area contributed by atoms with Crippen LogP contribution in [0.4, 0.5) is 0 Å². The molecule has 0 bridgehead atoms. The number of aromatic nitrogens is 2. The van der Waals surface area contributed by atoms with Gasteiger partial charge >= 0.3 is 0 Å². The molecular weight excluding hydrogens is 535 g/mol. The molecule has 7 heteroatoms. The van der Waals surface area contributed by atoms with Crippen molar-refractivity contribution in [1.29, 1.82) is 0 Å². The standard InChI is InChI=1S/C27H36N6.HI/c1-2-28-27(29-17-13-24-9-11-26(12-10-24)33-18-6-16-31-33)30-21-25-15-20-32(22-25)19-14-23-7-4-3-5-8-23;/h3-12,16,18,25H,2,13-15,17,19-22H2,1H3,(H2,28,29,30);1H. The zero-order chi connectivity index (χ0) is 22.7. The number of nitrogens with one attached hydrogen (secondary N) is 2. The molecular formula is C27H37IN6. The van der Waals surface area contributed by atoms with Crippen molar-refractivity contribution >= 4 is 29.9 Å². The van der Waals surface area contributed by atoms with E-state index in [0.717, 1.165) is 57.2 Å². The first-order valence-corrected chi connectivity index (χ1v) is 12.2. The first-order chi connectivity index (χ1) is 16.3. The Hall–Kier alpha value is -2.39. The number of benzene rings is 2. The van der Waals surface area contributed by atoms with Gasteiger partial charge in [0, 0.05) is 45.1 Å². The summed E-state index contributed by atoms with van der Waals surface area (Å²) in [4.78, 5) is 7.47. The van der Waals surface area contributed by atoms with Crippen molar-refractivity contribution in [3.05, 3.63) is 84.2 Å². The lowest BCUT2D eigenvalue weighted by Gasteiger charge is -2.16. The quantitative estimate of drug-likeness (QED) is 0.218. The highest BCUT2D eigenvalue weighted by atomic mass is 127. The molecule has 0 aliphatic carbocycles. The first-order valence-electron chi connectivity index (χ1n) is 12.2. The molecule has 1 atom stereocenters. The van der Waals surface area contributed by atoms with Gasteiger partial charge in [0.15, 0.2) is 5.96 Å². The monoisotopic (exact) mass is 572 g/mol. The first kappa shape index (κ1) is 26.2. The van der Waals surface area contributed by atoms with E-state index in [9.17, 15) is 0 Å². The maximum atomic E-state index is 4.88. The molecule has 1 aromatic heterocycles. The van der Waals surface area contributed by atoms with E-state index in [1.54, 1.807) is 6.20 Å². The summed E-state index contributed by atoms with van der Waals surface area (Å²) in [5.74, 6) is 1.57. The van der Waals surface area contributed by atoms with Crippen LogP contribution in [0.15, 0.2) is 78.0 Å². The van der Waals surface area contributed by atoms with Crippen LogP contribution in [0, 0.1) is 5.92 Å². The summed E-state index contributed by atoms with van der Waals surface area (Å²) in [6.07, 6.45) is 7.08. The zero-order valence-corrected chi connectivity index (χ0v) is 22.4. The number of hydrogen-bond donors (Lipinski definition) is 2. The molecule has 0 amide bonds. The average Bonchev–Trinajstić information content (AvgIpc) is 3.55. The van der Waals surface area contributed by atoms with Crippen molar-refractivity contribution < 1.29 is 0 Å². The summed E-state index contributed by atoms with van der Waals surface area (Å²) in [7, 11) is 0. The summed E-state index contributed by atoms with van der Waals surface area (Å²) in [6, 6.07) is 21.3. The minimum absolute atomic E-state index is 0. The van der Waals surface area contributed by atoms with Crippen LogP contribution in [-0.2, 0) is 12.8 Å². The zero-order valence-electron chi connectivity index (χ0n) is 20.1. The maximum Gasteiger partial charge on any atom is 0.191 e. The van der Waals surface area contributed by atoms with E-state index in [4.69, 9.17) is 4.99 Å². The van der Waals surface area contributed by atoms with Crippen molar-refractivity contribution in [2.75, 3.05) is 39.3 Å². The van der Waals surface area contributed by atoms with Gasteiger partial charge in [0.25, 0.3) is 0 Å². The largest absolute Gasteiger partial charge is 0.357 e. The fourth-order valence-electron chi connectivity index (χ4n) is 4.32. The Labute approximate surface area is 220 Å². The Morgan fingerprint density at radius 1 is 1.00 bits per heavy atom. The van der Waals surface area contributed by atoms with Crippen LogP contribution in [-0.4, -0.2) is 59.9 Å². The lowest BCUT2D eigenvalue weighted by molar-refractivity contribution is 0.329. The molecule has 34 heavy (non-hydrogen) atoms. The minimum Gasteiger partial charge on any atom is -0.357 e. The van der Waals surface area contributed by atoms with Crippen LogP contribution in [0.3, 0.4) is 0 Å². The van der Waals surface area contributed by atoms with Crippen LogP contribution in [0.2, 0.25) is 0 Å². The van der Waals surface area contributed by atoms with Gasteiger partial charge in [-0.05, 0) is 68.0 Å². The predicted octanol–water partition coefficient (Wildman–Crippen LogP) is 4.15. The molecule has 182 valence electrons. The summed E-state index contributed by atoms with van der Waals surface area (Å²) in [6.45, 7) is 8.21. The molecule has 0 radical (unpaired) electrons. The SMILES string of the molecule is CCNC(=NCC1CCN(CCc2ccccc2)C1)NCCc1ccc(-n2cccn2)cc1.I. The van der Waals surface area contributed by atoms with Gasteiger partial charge < -0.3 is 15.5 Å². The van der Waals surface area contributed by atoms with Crippen molar-refractivity contribution in [3.63, 3.8) is 0 Å². The van der Waals surface area contributed by atoms with Crippen molar-refractivity contribution in [2.24, 2.45) is 10.9 Å². The highest BCUT2D eigenvalue weighted by molar-refractivity contribution is 14.0. The molecule has 2 aromatic carbocycles. The van der Waals surface area contributed by atoms with Gasteiger partial charge in [-0.15, -0.1) is 24.0 Å². The Morgan fingerprint density at radius 3 is 2.53 bits per heavy atom. The van der Waals surface area contributed by atoms with Gasteiger partial charge in [0.05, 0.1) is 5.69 Å². The van der Waals surface area contributed by atoms with Crippen LogP contribution in [0.25, 0.3) is 5.69 Å². The summed E-state index contributed by atoms with van der Waals surface area (Å²) in [5, 5.41) is 11.2. The van der Waals surface area contributed by atoms with Crippen LogP contribution < -0.4 is 10.6 Å². The van der Waals surface area contributed by atoms with E-state index in [2.05, 4.69) is 82.2 Å². The molecule has 1 aliphatic rings. The third-order valence-corrected chi connectivity index (χ3v) is 6.19. The molecule has 0 saturated carbocycles. The Bertz CT molecular complexity index is 972. The molecule has 1 aliphatic heterocycles. The van der Waals surface area contributed by atoms with Crippen molar-refractivity contribution in [3.8, 4) is 5.69 Å². The van der Waals surface area contributed by atoms with Gasteiger partial charge in [0.2, 0.25) is 0 Å². The van der Waals surface area contributed by atoms with Crippen LogP contribution in [0.5, 0.6) is 0 Å². The second-order valence-electron chi connectivity index (χ2n) is 8.70. The Morgan fingerprint density at radius 2 is 1.79 bits per heavy atom. The third-order valence-electron chi connectivity index (χ3n) is 6.19. The molecule has 1 fully saturated rings. The Kier molecular flexibility index (Phi) is 10.9. The molecule has 4 rings (SSSR count). The van der Waals surface area contributed by atoms with E-state index >= 15 is 0 Å². The number of aliphatic imine (C=N–C) groups is 1. The fraction of sp³-hybridized carbons (Fsp3) is 0.407. The number of guanidine groups is 1. The number of halogens is 1. The maximum absolute atomic E-state index is 4.88. The van der Waals surface area contributed by atoms with E-state index in [1.807, 2.05) is 16.9 Å². The minimum atomic E-state index is 0. The van der Waals surface area contributed by atoms with Gasteiger partial charge in [-0.3, -0.25) is 4.99 Å². The Balaban J connectivity index is 0.00000324. The lowest BCUT2D eigenvalue weighted by atomic mass is 10.1. The molecule has 2 N–H and O–H groups in total. The highest BCUT2D eigenvalue weighted by Crippen LogP contribution is 2.17. The fourth-order valence-corrected chi connectivity index (χ4v) is 4.32. The van der Waals surface area contributed by atoms with Gasteiger partial charge in [-0.2, -0.15) is 5.10 Å². The summed E-state index contributed by atoms with van der Waals surface area (Å²) in [5.41, 5.74) is 3.81. The van der Waals surface area contributed by atoms with E-state index in [1.165, 1.54) is 24.1 Å². The molecule has 6 nitrogen and oxygen atoms in total. The summed E-state index contributed by atoms with van der Waals surface area (Å²) >= 11 is 0. The van der Waals surface area contributed by atoms with Gasteiger partial charge in [-0.25, -0.2) is 4.68 Å². The smallest absolute Gasteiger partial charge is 0.191 e. The molecule has 3 aromatic rings. The molecule has 0 spiro atoms. The van der Waals surface area contributed by atoms with Crippen LogP contribution in [0.1, 0.15) is 24.5 Å². The number of likely N-dealkylation sites (tertiary alicyclic amines) is 1. The lowest BCUT2D eigenvalue weighted by Crippen LogP contribution is -2.38. The predicted molar refractivity (Wildman–Crippen MR) is 151 cm³/mol. The van der Waals surface area contributed by atoms with E-state index in [0.29, 0.717) is 5.92 Å². The number of rotatable bonds is 10. The topological polar surface area (TPSA) is 57.5 Å². The van der Waals surface area contributed by atoms with Gasteiger partial charge in [-0.1, -0.05) is 42.5 Å². The molecule has 1 saturated heterocycles. The van der Waals surface area contributed by atoms with E-state index in [-0.39, 0.29) is 24.0 Å². The molecule has 2 heterocycles. The third kappa shape index (κ3) is 8.13. The summed E-state index contributed by atoms with van der Waals surface area (Å²) < 4.78 is 1.88. The van der Waals surface area contributed by atoms with Crippen molar-refractivity contribution in [2.45, 2.75) is 26.2 Å². The van der Waals surface area contributed by atoms with Crippen molar-refractivity contribution in [1.82, 2.24) is 25.3 Å².